The fourth-order valence-corrected chi connectivity index (χ4v) is 1.11. The molecule has 1 rings (SSSR count). The van der Waals surface area contributed by atoms with Crippen molar-refractivity contribution in [3.8, 4) is 6.07 Å². The first kappa shape index (κ1) is 10.1. The van der Waals surface area contributed by atoms with E-state index in [2.05, 4.69) is 0 Å². The quantitative estimate of drug-likeness (QED) is 0.547. The summed E-state index contributed by atoms with van der Waals surface area (Å²) in [6.45, 7) is 0. The summed E-state index contributed by atoms with van der Waals surface area (Å²) in [5, 5.41) is 18.8. The summed E-state index contributed by atoms with van der Waals surface area (Å²) >= 11 is 0. The Bertz CT molecular complexity index is 398. The lowest BCUT2D eigenvalue weighted by molar-refractivity contribution is -0.385. The van der Waals surface area contributed by atoms with Crippen LogP contribution in [0, 0.1) is 27.3 Å². The van der Waals surface area contributed by atoms with E-state index in [-0.39, 0.29) is 18.5 Å². The Kier molecular flexibility index (Phi) is 3.13. The lowest BCUT2D eigenvalue weighted by Crippen LogP contribution is -1.96. The van der Waals surface area contributed by atoms with E-state index in [1.165, 1.54) is 6.07 Å². The van der Waals surface area contributed by atoms with Gasteiger partial charge in [-0.3, -0.25) is 10.1 Å². The number of hydrogen-bond donors (Lipinski definition) is 0. The van der Waals surface area contributed by atoms with Gasteiger partial charge in [0.05, 0.1) is 17.1 Å². The molecule has 4 nitrogen and oxygen atoms in total. The summed E-state index contributed by atoms with van der Waals surface area (Å²) in [5.74, 6) is -0.641. The van der Waals surface area contributed by atoms with Crippen LogP contribution in [0.25, 0.3) is 0 Å². The monoisotopic (exact) mass is 194 g/mol. The number of nitro groups is 1. The molecule has 0 spiro atoms. The Morgan fingerprint density at radius 1 is 1.57 bits per heavy atom. The minimum atomic E-state index is -0.643. The maximum Gasteiger partial charge on any atom is 0.275 e. The maximum absolute atomic E-state index is 12.7. The molecule has 0 fully saturated rings. The van der Waals surface area contributed by atoms with Crippen LogP contribution >= 0.6 is 0 Å². The smallest absolute Gasteiger partial charge is 0.258 e. The molecule has 0 atom stereocenters. The molecule has 5 heteroatoms. The number of aryl methyl sites for hydroxylation is 1. The fraction of sp³-hybridized carbons (Fsp3) is 0.222. The first-order valence-electron chi connectivity index (χ1n) is 3.95. The second kappa shape index (κ2) is 4.33. The zero-order valence-electron chi connectivity index (χ0n) is 7.24. The van der Waals surface area contributed by atoms with E-state index in [0.29, 0.717) is 5.56 Å². The van der Waals surface area contributed by atoms with E-state index in [1.54, 1.807) is 0 Å². The number of hydrogen-bond acceptors (Lipinski definition) is 3. The molecule has 14 heavy (non-hydrogen) atoms. The van der Waals surface area contributed by atoms with Crippen LogP contribution in [0.4, 0.5) is 10.1 Å². The van der Waals surface area contributed by atoms with Crippen LogP contribution < -0.4 is 0 Å². The van der Waals surface area contributed by atoms with Crippen molar-refractivity contribution in [3.63, 3.8) is 0 Å². The van der Waals surface area contributed by atoms with Crippen LogP contribution in [-0.2, 0) is 6.42 Å². The summed E-state index contributed by atoms with van der Waals surface area (Å²) in [6, 6.07) is 5.24. The number of halogens is 1. The molecule has 0 aliphatic rings. The van der Waals surface area contributed by atoms with Gasteiger partial charge in [0.2, 0.25) is 0 Å². The molecular formula is C9H7FN2O2. The summed E-state index contributed by atoms with van der Waals surface area (Å²) in [5.41, 5.74) is 0.123. The highest BCUT2D eigenvalue weighted by molar-refractivity contribution is 5.40. The zero-order valence-corrected chi connectivity index (χ0v) is 7.24. The second-order valence-corrected chi connectivity index (χ2v) is 2.69. The number of nitro benzene ring substituents is 1. The van der Waals surface area contributed by atoms with Crippen LogP contribution in [0.2, 0.25) is 0 Å². The average Bonchev–Trinajstić information content (AvgIpc) is 2.15. The third-order valence-corrected chi connectivity index (χ3v) is 1.75. The van der Waals surface area contributed by atoms with E-state index in [1.807, 2.05) is 6.07 Å². The Hall–Kier alpha value is -1.96. The minimum Gasteiger partial charge on any atom is -0.258 e. The van der Waals surface area contributed by atoms with Gasteiger partial charge in [0.25, 0.3) is 5.69 Å². The van der Waals surface area contributed by atoms with E-state index in [0.717, 1.165) is 12.1 Å². The van der Waals surface area contributed by atoms with E-state index < -0.39 is 10.7 Å². The number of rotatable bonds is 3. The molecule has 0 amide bonds. The molecular weight excluding hydrogens is 187 g/mol. The first-order chi connectivity index (χ1) is 6.65. The van der Waals surface area contributed by atoms with Crippen molar-refractivity contribution in [1.82, 2.24) is 0 Å². The molecule has 0 aliphatic carbocycles. The predicted octanol–water partition coefficient (Wildman–Crippen LogP) is 2.19. The van der Waals surface area contributed by atoms with Crippen molar-refractivity contribution in [1.29, 1.82) is 5.26 Å². The van der Waals surface area contributed by atoms with Crippen molar-refractivity contribution in [2.75, 3.05) is 0 Å². The van der Waals surface area contributed by atoms with Crippen molar-refractivity contribution >= 4 is 5.69 Å². The molecule has 0 bridgehead atoms. The summed E-state index contributed by atoms with van der Waals surface area (Å²) in [4.78, 5) is 9.85. The van der Waals surface area contributed by atoms with Crippen LogP contribution in [0.5, 0.6) is 0 Å². The molecule has 0 N–H and O–H groups in total. The number of nitrogens with zero attached hydrogens (tertiary/aromatic N) is 2. The molecule has 0 heterocycles. The van der Waals surface area contributed by atoms with Crippen molar-refractivity contribution in [2.24, 2.45) is 0 Å². The highest BCUT2D eigenvalue weighted by Gasteiger charge is 2.13. The zero-order chi connectivity index (χ0) is 10.6. The molecule has 0 saturated carbocycles. The van der Waals surface area contributed by atoms with Gasteiger partial charge in [-0.15, -0.1) is 0 Å². The van der Waals surface area contributed by atoms with Gasteiger partial charge in [0.15, 0.2) is 0 Å². The standard InChI is InChI=1S/C9H7FN2O2/c10-8-4-3-7(2-1-5-11)9(6-8)12(13)14/h3-4,6H,1-2H2. The Morgan fingerprint density at radius 3 is 2.86 bits per heavy atom. The van der Waals surface area contributed by atoms with E-state index >= 15 is 0 Å². The highest BCUT2D eigenvalue weighted by atomic mass is 19.1. The molecule has 72 valence electrons. The lowest BCUT2D eigenvalue weighted by atomic mass is 10.1. The Labute approximate surface area is 79.7 Å². The normalized spacial score (nSPS) is 9.43. The maximum atomic E-state index is 12.7. The van der Waals surface area contributed by atoms with Crippen LogP contribution in [0.3, 0.4) is 0 Å². The SMILES string of the molecule is N#CCCc1ccc(F)cc1[N+](=O)[O-]. The van der Waals surface area contributed by atoms with E-state index in [9.17, 15) is 14.5 Å². The molecule has 0 aliphatic heterocycles. The number of benzene rings is 1. The van der Waals surface area contributed by atoms with E-state index in [4.69, 9.17) is 5.26 Å². The van der Waals surface area contributed by atoms with Gasteiger partial charge >= 0.3 is 0 Å². The van der Waals surface area contributed by atoms with Gasteiger partial charge < -0.3 is 0 Å². The highest BCUT2D eigenvalue weighted by Crippen LogP contribution is 2.20. The van der Waals surface area contributed by atoms with Gasteiger partial charge in [-0.2, -0.15) is 5.26 Å². The summed E-state index contributed by atoms with van der Waals surface area (Å²) in [7, 11) is 0. The Balaban J connectivity index is 3.03. The van der Waals surface area contributed by atoms with Crippen LogP contribution in [0.1, 0.15) is 12.0 Å². The van der Waals surface area contributed by atoms with Crippen molar-refractivity contribution in [3.05, 3.63) is 39.7 Å². The van der Waals surface area contributed by atoms with Crippen molar-refractivity contribution in [2.45, 2.75) is 12.8 Å². The number of nitriles is 1. The largest absolute Gasteiger partial charge is 0.275 e. The van der Waals surface area contributed by atoms with Gasteiger partial charge in [0, 0.05) is 12.0 Å². The summed E-state index contributed by atoms with van der Waals surface area (Å²) < 4.78 is 12.7. The molecule has 1 aromatic rings. The molecule has 0 radical (unpaired) electrons. The van der Waals surface area contributed by atoms with Gasteiger partial charge in [0.1, 0.15) is 5.82 Å². The first-order valence-corrected chi connectivity index (χ1v) is 3.95. The Morgan fingerprint density at radius 2 is 2.29 bits per heavy atom. The van der Waals surface area contributed by atoms with Gasteiger partial charge in [-0.1, -0.05) is 0 Å². The van der Waals surface area contributed by atoms with Crippen molar-refractivity contribution < 1.29 is 9.31 Å². The van der Waals surface area contributed by atoms with Crippen LogP contribution in [-0.4, -0.2) is 4.92 Å². The molecule has 0 saturated heterocycles. The van der Waals surface area contributed by atoms with Gasteiger partial charge in [-0.05, 0) is 18.6 Å². The molecule has 1 aromatic carbocycles. The average molecular weight is 194 g/mol. The minimum absolute atomic E-state index is 0.187. The summed E-state index contributed by atoms with van der Waals surface area (Å²) in [6.07, 6.45) is 0.458. The third kappa shape index (κ3) is 2.26. The topological polar surface area (TPSA) is 66.9 Å². The third-order valence-electron chi connectivity index (χ3n) is 1.75. The molecule has 0 unspecified atom stereocenters. The molecule has 0 aromatic heterocycles. The second-order valence-electron chi connectivity index (χ2n) is 2.69. The lowest BCUT2D eigenvalue weighted by Gasteiger charge is -1.99. The predicted molar refractivity (Wildman–Crippen MR) is 47.0 cm³/mol. The van der Waals surface area contributed by atoms with Gasteiger partial charge in [-0.25, -0.2) is 4.39 Å². The fourth-order valence-electron chi connectivity index (χ4n) is 1.11. The van der Waals surface area contributed by atoms with Crippen LogP contribution in [0.15, 0.2) is 18.2 Å².